The van der Waals surface area contributed by atoms with E-state index in [1.807, 2.05) is 0 Å². The summed E-state index contributed by atoms with van der Waals surface area (Å²) in [7, 11) is 0. The molecule has 1 atom stereocenters. The second-order valence-corrected chi connectivity index (χ2v) is 3.84. The minimum absolute atomic E-state index is 0.356. The first-order valence-electron chi connectivity index (χ1n) is 5.42. The van der Waals surface area contributed by atoms with E-state index in [0.717, 1.165) is 0 Å². The first kappa shape index (κ1) is 12.0. The molecule has 1 heteroatoms. The van der Waals surface area contributed by atoms with Crippen LogP contribution in [-0.2, 0) is 0 Å². The van der Waals surface area contributed by atoms with Crippen molar-refractivity contribution < 1.29 is 5.11 Å². The summed E-state index contributed by atoms with van der Waals surface area (Å²) >= 11 is 0. The molecule has 0 aromatic carbocycles. The fourth-order valence-corrected chi connectivity index (χ4v) is 1.36. The Bertz CT molecular complexity index is 81.1. The van der Waals surface area contributed by atoms with Gasteiger partial charge in [0.15, 0.2) is 0 Å². The number of rotatable bonds is 8. The molecule has 0 aromatic rings. The fraction of sp³-hybridized carbons (Fsp3) is 1.00. The summed E-state index contributed by atoms with van der Waals surface area (Å²) in [5.41, 5.74) is 0. The lowest BCUT2D eigenvalue weighted by Gasteiger charge is -2.06. The summed E-state index contributed by atoms with van der Waals surface area (Å²) in [5, 5.41) is 8.78. The normalized spacial score (nSPS) is 13.2. The van der Waals surface area contributed by atoms with Crippen molar-refractivity contribution in [3.8, 4) is 0 Å². The maximum absolute atomic E-state index is 8.78. The molecule has 0 bridgehead atoms. The van der Waals surface area contributed by atoms with Gasteiger partial charge in [0.2, 0.25) is 0 Å². The van der Waals surface area contributed by atoms with Crippen molar-refractivity contribution in [2.75, 3.05) is 6.61 Å². The van der Waals surface area contributed by atoms with Gasteiger partial charge in [-0.05, 0) is 12.3 Å². The molecule has 0 heterocycles. The first-order chi connectivity index (χ1) is 5.81. The molecule has 1 nitrogen and oxygen atoms in total. The smallest absolute Gasteiger partial charge is 0.0456 e. The molecule has 0 amide bonds. The molecular formula is C11H24O. The summed E-state index contributed by atoms with van der Waals surface area (Å²) < 4.78 is 0. The van der Waals surface area contributed by atoms with E-state index < -0.39 is 0 Å². The topological polar surface area (TPSA) is 20.2 Å². The lowest BCUT2D eigenvalue weighted by atomic mass is 10.0. The highest BCUT2D eigenvalue weighted by Gasteiger charge is 1.98. The molecule has 12 heavy (non-hydrogen) atoms. The Morgan fingerprint density at radius 3 is 2.17 bits per heavy atom. The highest BCUT2D eigenvalue weighted by molar-refractivity contribution is 4.51. The molecular weight excluding hydrogens is 148 g/mol. The SMILES string of the molecule is CCCCCCCC[C@H](C)CO. The van der Waals surface area contributed by atoms with Crippen LogP contribution < -0.4 is 0 Å². The van der Waals surface area contributed by atoms with Gasteiger partial charge in [0.25, 0.3) is 0 Å². The van der Waals surface area contributed by atoms with E-state index in [4.69, 9.17) is 5.11 Å². The van der Waals surface area contributed by atoms with E-state index in [0.29, 0.717) is 12.5 Å². The highest BCUT2D eigenvalue weighted by atomic mass is 16.3. The van der Waals surface area contributed by atoms with Crippen molar-refractivity contribution in [2.45, 2.75) is 58.8 Å². The molecule has 0 aliphatic carbocycles. The van der Waals surface area contributed by atoms with Crippen LogP contribution in [0.25, 0.3) is 0 Å². The van der Waals surface area contributed by atoms with E-state index in [1.165, 1.54) is 44.9 Å². The molecule has 0 unspecified atom stereocenters. The number of hydrogen-bond acceptors (Lipinski definition) is 1. The Kier molecular flexibility index (Phi) is 9.02. The molecule has 0 aliphatic rings. The minimum Gasteiger partial charge on any atom is -0.396 e. The maximum Gasteiger partial charge on any atom is 0.0456 e. The van der Waals surface area contributed by atoms with Gasteiger partial charge >= 0.3 is 0 Å². The molecule has 0 aromatic heterocycles. The van der Waals surface area contributed by atoms with Crippen LogP contribution in [0, 0.1) is 5.92 Å². The third-order valence-corrected chi connectivity index (χ3v) is 2.36. The zero-order valence-corrected chi connectivity index (χ0v) is 8.68. The summed E-state index contributed by atoms with van der Waals surface area (Å²) in [4.78, 5) is 0. The van der Waals surface area contributed by atoms with Crippen molar-refractivity contribution >= 4 is 0 Å². The third-order valence-electron chi connectivity index (χ3n) is 2.36. The van der Waals surface area contributed by atoms with E-state index in [9.17, 15) is 0 Å². The zero-order valence-electron chi connectivity index (χ0n) is 8.68. The Balaban J connectivity index is 2.90. The molecule has 0 saturated carbocycles. The predicted octanol–water partition coefficient (Wildman–Crippen LogP) is 3.37. The van der Waals surface area contributed by atoms with Crippen LogP contribution in [0.2, 0.25) is 0 Å². The second kappa shape index (κ2) is 9.05. The summed E-state index contributed by atoms with van der Waals surface area (Å²) in [6.07, 6.45) is 9.33. The van der Waals surface area contributed by atoms with Gasteiger partial charge in [-0.3, -0.25) is 0 Å². The Morgan fingerprint density at radius 1 is 1.00 bits per heavy atom. The summed E-state index contributed by atoms with van der Waals surface area (Å²) in [6.45, 7) is 4.72. The molecule has 0 spiro atoms. The standard InChI is InChI=1S/C11H24O/c1-3-4-5-6-7-8-9-11(2)10-12/h11-12H,3-10H2,1-2H3/t11-/m0/s1. The van der Waals surface area contributed by atoms with Crippen molar-refractivity contribution in [3.63, 3.8) is 0 Å². The average Bonchev–Trinajstić information content (AvgIpc) is 2.10. The highest BCUT2D eigenvalue weighted by Crippen LogP contribution is 2.11. The van der Waals surface area contributed by atoms with E-state index in [-0.39, 0.29) is 0 Å². The predicted molar refractivity (Wildman–Crippen MR) is 54.2 cm³/mol. The van der Waals surface area contributed by atoms with Gasteiger partial charge in [0.1, 0.15) is 0 Å². The molecule has 1 N–H and O–H groups in total. The van der Waals surface area contributed by atoms with Crippen LogP contribution in [0.5, 0.6) is 0 Å². The molecule has 0 rings (SSSR count). The number of aliphatic hydroxyl groups excluding tert-OH is 1. The lowest BCUT2D eigenvalue weighted by molar-refractivity contribution is 0.227. The Labute approximate surface area is 77.2 Å². The third kappa shape index (κ3) is 8.06. The van der Waals surface area contributed by atoms with Gasteiger partial charge in [-0.2, -0.15) is 0 Å². The Morgan fingerprint density at radius 2 is 1.58 bits per heavy atom. The maximum atomic E-state index is 8.78. The van der Waals surface area contributed by atoms with Crippen LogP contribution in [0.4, 0.5) is 0 Å². The Hall–Kier alpha value is -0.0400. The van der Waals surface area contributed by atoms with E-state index in [1.54, 1.807) is 0 Å². The van der Waals surface area contributed by atoms with Gasteiger partial charge in [-0.15, -0.1) is 0 Å². The van der Waals surface area contributed by atoms with Crippen molar-refractivity contribution in [3.05, 3.63) is 0 Å². The number of hydrogen-bond donors (Lipinski definition) is 1. The van der Waals surface area contributed by atoms with Crippen molar-refractivity contribution in [1.29, 1.82) is 0 Å². The summed E-state index contributed by atoms with van der Waals surface area (Å²) in [5.74, 6) is 0.510. The lowest BCUT2D eigenvalue weighted by Crippen LogP contribution is -1.99. The van der Waals surface area contributed by atoms with Gasteiger partial charge in [0.05, 0.1) is 0 Å². The van der Waals surface area contributed by atoms with Crippen LogP contribution in [-0.4, -0.2) is 11.7 Å². The van der Waals surface area contributed by atoms with Crippen molar-refractivity contribution in [1.82, 2.24) is 0 Å². The molecule has 74 valence electrons. The van der Waals surface area contributed by atoms with E-state index in [2.05, 4.69) is 13.8 Å². The van der Waals surface area contributed by atoms with E-state index >= 15 is 0 Å². The fourth-order valence-electron chi connectivity index (χ4n) is 1.36. The second-order valence-electron chi connectivity index (χ2n) is 3.84. The molecule has 0 aliphatic heterocycles. The molecule has 0 radical (unpaired) electrons. The quantitative estimate of drug-likeness (QED) is 0.557. The number of unbranched alkanes of at least 4 members (excludes halogenated alkanes) is 5. The van der Waals surface area contributed by atoms with Gasteiger partial charge in [0, 0.05) is 6.61 Å². The number of aliphatic hydroxyl groups is 1. The van der Waals surface area contributed by atoms with Gasteiger partial charge in [-0.1, -0.05) is 52.4 Å². The van der Waals surface area contributed by atoms with Crippen LogP contribution in [0.3, 0.4) is 0 Å². The monoisotopic (exact) mass is 172 g/mol. The molecule has 0 fully saturated rings. The van der Waals surface area contributed by atoms with Gasteiger partial charge in [-0.25, -0.2) is 0 Å². The average molecular weight is 172 g/mol. The summed E-state index contributed by atoms with van der Waals surface area (Å²) in [6, 6.07) is 0. The largest absolute Gasteiger partial charge is 0.396 e. The first-order valence-corrected chi connectivity index (χ1v) is 5.42. The van der Waals surface area contributed by atoms with Crippen LogP contribution in [0.1, 0.15) is 58.8 Å². The van der Waals surface area contributed by atoms with Crippen molar-refractivity contribution in [2.24, 2.45) is 5.92 Å². The zero-order chi connectivity index (χ0) is 9.23. The molecule has 0 saturated heterocycles. The van der Waals surface area contributed by atoms with Crippen LogP contribution >= 0.6 is 0 Å². The van der Waals surface area contributed by atoms with Gasteiger partial charge < -0.3 is 5.11 Å². The minimum atomic E-state index is 0.356. The van der Waals surface area contributed by atoms with Crippen LogP contribution in [0.15, 0.2) is 0 Å².